The number of aryl methyl sites for hydroxylation is 2. The molecule has 0 aliphatic rings. The predicted octanol–water partition coefficient (Wildman–Crippen LogP) is 2.70. The van der Waals surface area contributed by atoms with Crippen LogP contribution in [0.15, 0.2) is 69.9 Å². The molecule has 0 unspecified atom stereocenters. The average molecular weight is 506 g/mol. The molecule has 4 heteroatoms. The van der Waals surface area contributed by atoms with Gasteiger partial charge in [0, 0.05) is 0 Å². The van der Waals surface area contributed by atoms with Crippen LogP contribution in [0.5, 0.6) is 0 Å². The molecule has 0 aliphatic carbocycles. The maximum atomic E-state index is 12.6. The summed E-state index contributed by atoms with van der Waals surface area (Å²) in [6.07, 6.45) is 0. The Labute approximate surface area is 146 Å². The van der Waals surface area contributed by atoms with Gasteiger partial charge in [0.2, 0.25) is 0 Å². The zero-order valence-corrected chi connectivity index (χ0v) is 18.7. The van der Waals surface area contributed by atoms with Gasteiger partial charge < -0.3 is 0 Å². The summed E-state index contributed by atoms with van der Waals surface area (Å²) < 4.78 is 27.9. The number of benzene rings is 2. The molecule has 0 saturated carbocycles. The summed E-state index contributed by atoms with van der Waals surface area (Å²) in [6, 6.07) is 16.0. The van der Waals surface area contributed by atoms with E-state index in [2.05, 4.69) is 13.2 Å². The molecule has 0 atom stereocenters. The van der Waals surface area contributed by atoms with Crippen molar-refractivity contribution in [3.63, 3.8) is 0 Å². The van der Waals surface area contributed by atoms with E-state index in [4.69, 9.17) is 0 Å². The molecule has 22 heavy (non-hydrogen) atoms. The summed E-state index contributed by atoms with van der Waals surface area (Å²) in [7, 11) is 0. The van der Waals surface area contributed by atoms with Gasteiger partial charge in [-0.2, -0.15) is 0 Å². The fourth-order valence-corrected chi connectivity index (χ4v) is 7.12. The van der Waals surface area contributed by atoms with Crippen LogP contribution in [0.25, 0.3) is 0 Å². The fraction of sp³-hybridized carbons (Fsp3) is 0.111. The van der Waals surface area contributed by atoms with E-state index < -0.39 is 39.5 Å². The third-order valence-electron chi connectivity index (χ3n) is 3.18. The van der Waals surface area contributed by atoms with Gasteiger partial charge in [0.25, 0.3) is 0 Å². The minimum absolute atomic E-state index is 1.07. The van der Waals surface area contributed by atoms with Gasteiger partial charge in [-0.1, -0.05) is 0 Å². The minimum atomic E-state index is -2.86. The summed E-state index contributed by atoms with van der Waals surface area (Å²) in [6.45, 7) is 10.7. The fourth-order valence-electron chi connectivity index (χ4n) is 1.88. The standard InChI is InChI=1S/2C7H7.2C2H3.2O.2Sn/c2*1-7-5-3-2-4-6-7;2*1-2;;;;/h2*2-5H,1H3;2*1H,2H2;;;;. The summed E-state index contributed by atoms with van der Waals surface area (Å²) in [5, 5.41) is 0. The normalized spacial score (nSPS) is 9.18. The second-order valence-corrected chi connectivity index (χ2v) is 14.4. The molecule has 2 rings (SSSR count). The predicted molar refractivity (Wildman–Crippen MR) is 94.9 cm³/mol. The molecule has 0 N–H and O–H groups in total. The molecule has 0 heterocycles. The van der Waals surface area contributed by atoms with Gasteiger partial charge in [0.15, 0.2) is 0 Å². The molecule has 0 amide bonds. The van der Waals surface area contributed by atoms with Gasteiger partial charge in [-0.25, -0.2) is 0 Å². The van der Waals surface area contributed by atoms with E-state index in [-0.39, 0.29) is 0 Å². The average Bonchev–Trinajstić information content (AvgIpc) is 2.55. The van der Waals surface area contributed by atoms with Gasteiger partial charge in [-0.3, -0.25) is 0 Å². The second-order valence-electron chi connectivity index (χ2n) is 4.77. The van der Waals surface area contributed by atoms with E-state index in [1.807, 2.05) is 62.4 Å². The molecule has 0 fully saturated rings. The van der Waals surface area contributed by atoms with Crippen molar-refractivity contribution in [2.45, 2.75) is 13.8 Å². The maximum absolute atomic E-state index is 12.6. The molecular formula is C18H20O2Sn2. The van der Waals surface area contributed by atoms with Crippen LogP contribution in [-0.2, 0) is 6.15 Å². The molecule has 112 valence electrons. The van der Waals surface area contributed by atoms with E-state index >= 15 is 0 Å². The van der Waals surface area contributed by atoms with Crippen molar-refractivity contribution >= 4 is 46.7 Å². The molecule has 0 bridgehead atoms. The van der Waals surface area contributed by atoms with Crippen LogP contribution < -0.4 is 7.16 Å². The Morgan fingerprint density at radius 1 is 0.773 bits per heavy atom. The Bertz CT molecular complexity index is 648. The van der Waals surface area contributed by atoms with Crippen molar-refractivity contribution in [1.29, 1.82) is 0 Å². The van der Waals surface area contributed by atoms with Crippen molar-refractivity contribution in [3.8, 4) is 0 Å². The van der Waals surface area contributed by atoms with Crippen LogP contribution in [0, 0.1) is 13.8 Å². The van der Waals surface area contributed by atoms with Crippen LogP contribution in [0.2, 0.25) is 0 Å². The third-order valence-corrected chi connectivity index (χ3v) is 11.5. The van der Waals surface area contributed by atoms with E-state index in [1.165, 1.54) is 8.18 Å². The molecular weight excluding hydrogens is 486 g/mol. The molecule has 0 aromatic heterocycles. The van der Waals surface area contributed by atoms with Crippen LogP contribution in [0.3, 0.4) is 0 Å². The first-order chi connectivity index (χ1) is 10.5. The van der Waals surface area contributed by atoms with Gasteiger partial charge in [0.05, 0.1) is 0 Å². The van der Waals surface area contributed by atoms with E-state index in [0.29, 0.717) is 0 Å². The number of rotatable bonds is 4. The monoisotopic (exact) mass is 508 g/mol. The SMILES string of the molecule is C=[CH][Sn](=[O])[CH]=C.Cc1cccc[c]1[Sn](=[O])[c]1ccccc1C. The summed E-state index contributed by atoms with van der Waals surface area (Å²) in [4.78, 5) is 0. The van der Waals surface area contributed by atoms with Crippen molar-refractivity contribution in [2.75, 3.05) is 0 Å². The Kier molecular flexibility index (Phi) is 8.71. The van der Waals surface area contributed by atoms with E-state index in [9.17, 15) is 6.15 Å². The van der Waals surface area contributed by atoms with Crippen molar-refractivity contribution < 1.29 is 6.15 Å². The summed E-state index contributed by atoms with van der Waals surface area (Å²) in [5.41, 5.74) is 2.30. The quantitative estimate of drug-likeness (QED) is 0.599. The Morgan fingerprint density at radius 2 is 1.14 bits per heavy atom. The third kappa shape index (κ3) is 5.72. The van der Waals surface area contributed by atoms with Crippen LogP contribution in [-0.4, -0.2) is 39.5 Å². The van der Waals surface area contributed by atoms with Crippen molar-refractivity contribution in [2.24, 2.45) is 0 Å². The Balaban J connectivity index is 0.000000346. The molecule has 2 nitrogen and oxygen atoms in total. The van der Waals surface area contributed by atoms with Gasteiger partial charge >= 0.3 is 148 Å². The summed E-state index contributed by atoms with van der Waals surface area (Å²) in [5.74, 6) is 0. The first-order valence-corrected chi connectivity index (χ1v) is 15.4. The zero-order chi connectivity index (χ0) is 16.5. The zero-order valence-electron chi connectivity index (χ0n) is 13.0. The van der Waals surface area contributed by atoms with Crippen LogP contribution >= 0.6 is 0 Å². The van der Waals surface area contributed by atoms with Crippen molar-refractivity contribution in [3.05, 3.63) is 81.0 Å². The van der Waals surface area contributed by atoms with Crippen molar-refractivity contribution in [1.82, 2.24) is 0 Å². The molecule has 2 aromatic rings. The molecule has 0 aliphatic heterocycles. The first-order valence-electron chi connectivity index (χ1n) is 6.96. The number of hydrogen-bond acceptors (Lipinski definition) is 2. The van der Waals surface area contributed by atoms with E-state index in [1.54, 1.807) is 0 Å². The van der Waals surface area contributed by atoms with Crippen LogP contribution in [0.4, 0.5) is 0 Å². The van der Waals surface area contributed by atoms with Gasteiger partial charge in [-0.05, 0) is 0 Å². The van der Waals surface area contributed by atoms with Gasteiger partial charge in [-0.15, -0.1) is 0 Å². The van der Waals surface area contributed by atoms with E-state index in [0.717, 1.165) is 18.3 Å². The molecule has 2 aromatic carbocycles. The number of hydrogen-bond donors (Lipinski definition) is 0. The van der Waals surface area contributed by atoms with Crippen LogP contribution in [0.1, 0.15) is 11.1 Å². The second kappa shape index (κ2) is 10.00. The Morgan fingerprint density at radius 3 is 1.41 bits per heavy atom. The molecule has 0 spiro atoms. The van der Waals surface area contributed by atoms with Gasteiger partial charge in [0.1, 0.15) is 0 Å². The molecule has 0 saturated heterocycles. The topological polar surface area (TPSA) is 34.1 Å². The summed E-state index contributed by atoms with van der Waals surface area (Å²) >= 11 is -5.20. The Hall–Kier alpha value is -0.883. The first kappa shape index (κ1) is 19.2. The molecule has 0 radical (unpaired) electrons.